The van der Waals surface area contributed by atoms with E-state index in [0.717, 1.165) is 16.3 Å². The number of amides is 1. The lowest BCUT2D eigenvalue weighted by atomic mass is 10.1. The fourth-order valence-electron chi connectivity index (χ4n) is 3.99. The van der Waals surface area contributed by atoms with Crippen molar-refractivity contribution in [3.63, 3.8) is 0 Å². The molecule has 5 rings (SSSR count). The number of hydrogen-bond acceptors (Lipinski definition) is 6. The van der Waals surface area contributed by atoms with E-state index in [-0.39, 0.29) is 12.5 Å². The predicted molar refractivity (Wildman–Crippen MR) is 163 cm³/mol. The molecule has 0 bridgehead atoms. The molecule has 0 aromatic heterocycles. The largest absolute Gasteiger partial charge is 0.486 e. The van der Waals surface area contributed by atoms with Gasteiger partial charge >= 0.3 is 0 Å². The van der Waals surface area contributed by atoms with Gasteiger partial charge in [0.15, 0.2) is 12.4 Å². The van der Waals surface area contributed by atoms with Gasteiger partial charge in [-0.1, -0.05) is 66.2 Å². The monoisotopic (exact) mass is 626 g/mol. The van der Waals surface area contributed by atoms with Crippen LogP contribution >= 0.6 is 51.1 Å². The molecule has 1 N–H and O–H groups in total. The van der Waals surface area contributed by atoms with Gasteiger partial charge < -0.3 is 9.47 Å². The van der Waals surface area contributed by atoms with Gasteiger partial charge in [-0.2, -0.15) is 5.10 Å². The Labute approximate surface area is 243 Å². The van der Waals surface area contributed by atoms with Gasteiger partial charge in [-0.25, -0.2) is 5.43 Å². The number of nitrogens with one attached hydrogen (secondary N) is 1. The van der Waals surface area contributed by atoms with Gasteiger partial charge in [-0.3, -0.25) is 4.79 Å². The SMILES string of the molecule is O=C(COc1ccc(C2SCCS2)cc1)N/N=C\c1cc(Cl)c(OCc2cccc3ccccc23)c(Br)c1. The van der Waals surface area contributed by atoms with Crippen molar-refractivity contribution in [1.82, 2.24) is 5.43 Å². The van der Waals surface area contributed by atoms with E-state index >= 15 is 0 Å². The standard InChI is InChI=1S/C29H24BrClN2O3S2/c30-25-14-19(15-26(31)28(25)36-17-22-6-3-5-20-4-1-2-7-24(20)22)16-32-33-27(34)18-35-23-10-8-21(9-11-23)29-37-12-13-38-29/h1-11,14-16,29H,12-13,17-18H2,(H,33,34)/b32-16-. The molecule has 0 unspecified atom stereocenters. The van der Waals surface area contributed by atoms with Crippen LogP contribution in [0.2, 0.25) is 5.02 Å². The Balaban J connectivity index is 1.13. The summed E-state index contributed by atoms with van der Waals surface area (Å²) in [5, 5.41) is 6.77. The maximum Gasteiger partial charge on any atom is 0.277 e. The number of hydrazone groups is 1. The van der Waals surface area contributed by atoms with E-state index in [2.05, 4.69) is 56.8 Å². The highest BCUT2D eigenvalue weighted by molar-refractivity contribution is 9.10. The van der Waals surface area contributed by atoms with Crippen LogP contribution in [0.3, 0.4) is 0 Å². The fraction of sp³-hybridized carbons (Fsp3) is 0.172. The zero-order valence-electron chi connectivity index (χ0n) is 20.2. The van der Waals surface area contributed by atoms with E-state index in [1.54, 1.807) is 6.07 Å². The number of carbonyl (C=O) groups is 1. The highest BCUT2D eigenvalue weighted by Gasteiger charge is 2.18. The molecular formula is C29H24BrClN2O3S2. The second-order valence-electron chi connectivity index (χ2n) is 8.47. The lowest BCUT2D eigenvalue weighted by Crippen LogP contribution is -2.24. The molecule has 1 fully saturated rings. The first kappa shape index (κ1) is 26.9. The Morgan fingerprint density at radius 1 is 1.03 bits per heavy atom. The van der Waals surface area contributed by atoms with Crippen molar-refractivity contribution in [2.24, 2.45) is 5.10 Å². The molecule has 0 atom stereocenters. The molecule has 0 aliphatic carbocycles. The van der Waals surface area contributed by atoms with Gasteiger partial charge in [-0.05, 0) is 67.7 Å². The Hall–Kier alpha value is -2.65. The summed E-state index contributed by atoms with van der Waals surface area (Å²) >= 11 is 14.0. The molecule has 4 aromatic rings. The number of ether oxygens (including phenoxy) is 2. The Morgan fingerprint density at radius 3 is 2.58 bits per heavy atom. The van der Waals surface area contributed by atoms with E-state index in [0.29, 0.717) is 37.7 Å². The van der Waals surface area contributed by atoms with Crippen LogP contribution in [0.15, 0.2) is 88.4 Å². The van der Waals surface area contributed by atoms with Gasteiger partial charge in [0, 0.05) is 11.5 Å². The highest BCUT2D eigenvalue weighted by atomic mass is 79.9. The first-order valence-corrected chi connectivity index (χ1v) is 15.2. The molecule has 194 valence electrons. The number of hydrogen-bond donors (Lipinski definition) is 1. The number of fused-ring (bicyclic) bond motifs is 1. The Kier molecular flexibility index (Phi) is 9.17. The molecule has 1 amide bonds. The molecule has 0 radical (unpaired) electrons. The summed E-state index contributed by atoms with van der Waals surface area (Å²) in [6, 6.07) is 25.8. The highest BCUT2D eigenvalue weighted by Crippen LogP contribution is 2.45. The number of benzene rings is 4. The Bertz CT molecular complexity index is 1430. The van der Waals surface area contributed by atoms with Gasteiger partial charge in [-0.15, -0.1) is 23.5 Å². The molecule has 1 saturated heterocycles. The summed E-state index contributed by atoms with van der Waals surface area (Å²) in [5.41, 5.74) is 5.54. The zero-order valence-corrected chi connectivity index (χ0v) is 24.2. The van der Waals surface area contributed by atoms with Gasteiger partial charge in [0.1, 0.15) is 12.4 Å². The molecule has 1 aliphatic heterocycles. The molecule has 38 heavy (non-hydrogen) atoms. The second kappa shape index (κ2) is 12.9. The normalized spacial score (nSPS) is 13.7. The number of halogens is 2. The van der Waals surface area contributed by atoms with E-state index in [9.17, 15) is 4.79 Å². The minimum atomic E-state index is -0.354. The maximum absolute atomic E-state index is 12.2. The molecule has 1 aliphatic rings. The lowest BCUT2D eigenvalue weighted by Gasteiger charge is -2.12. The van der Waals surface area contributed by atoms with Crippen LogP contribution < -0.4 is 14.9 Å². The first-order chi connectivity index (χ1) is 18.6. The van der Waals surface area contributed by atoms with Crippen LogP contribution in [-0.2, 0) is 11.4 Å². The lowest BCUT2D eigenvalue weighted by molar-refractivity contribution is -0.123. The maximum atomic E-state index is 12.2. The molecule has 1 heterocycles. The molecule has 9 heteroatoms. The van der Waals surface area contributed by atoms with E-state index in [1.165, 1.54) is 23.3 Å². The van der Waals surface area contributed by atoms with Crippen LogP contribution in [0.5, 0.6) is 11.5 Å². The summed E-state index contributed by atoms with van der Waals surface area (Å²) in [7, 11) is 0. The number of nitrogens with zero attached hydrogens (tertiary/aromatic N) is 1. The third kappa shape index (κ3) is 6.86. The minimum absolute atomic E-state index is 0.130. The molecule has 0 saturated carbocycles. The zero-order chi connectivity index (χ0) is 26.3. The van der Waals surface area contributed by atoms with Gasteiger partial charge in [0.2, 0.25) is 0 Å². The van der Waals surface area contributed by atoms with Crippen LogP contribution in [0, 0.1) is 0 Å². The molecular weight excluding hydrogens is 604 g/mol. The molecule has 4 aromatic carbocycles. The second-order valence-corrected chi connectivity index (χ2v) is 12.5. The van der Waals surface area contributed by atoms with Crippen molar-refractivity contribution in [2.75, 3.05) is 18.1 Å². The van der Waals surface area contributed by atoms with Crippen LogP contribution in [-0.4, -0.2) is 30.2 Å². The van der Waals surface area contributed by atoms with Crippen molar-refractivity contribution >= 4 is 73.9 Å². The van der Waals surface area contributed by atoms with Crippen molar-refractivity contribution in [1.29, 1.82) is 0 Å². The summed E-state index contributed by atoms with van der Waals surface area (Å²) in [6.45, 7) is 0.249. The average molecular weight is 628 g/mol. The minimum Gasteiger partial charge on any atom is -0.486 e. The number of rotatable bonds is 9. The summed E-state index contributed by atoms with van der Waals surface area (Å²) in [6.07, 6.45) is 1.52. The van der Waals surface area contributed by atoms with E-state index in [1.807, 2.05) is 66.0 Å². The van der Waals surface area contributed by atoms with E-state index < -0.39 is 0 Å². The third-order valence-electron chi connectivity index (χ3n) is 5.82. The van der Waals surface area contributed by atoms with E-state index in [4.69, 9.17) is 21.1 Å². The Morgan fingerprint density at radius 2 is 1.79 bits per heavy atom. The fourth-order valence-corrected chi connectivity index (χ4v) is 7.84. The predicted octanol–water partition coefficient (Wildman–Crippen LogP) is 7.84. The average Bonchev–Trinajstić information content (AvgIpc) is 3.47. The van der Waals surface area contributed by atoms with Gasteiger partial charge in [0.05, 0.1) is 20.3 Å². The van der Waals surface area contributed by atoms with Crippen molar-refractivity contribution in [3.8, 4) is 11.5 Å². The third-order valence-corrected chi connectivity index (χ3v) is 9.79. The molecule has 5 nitrogen and oxygen atoms in total. The van der Waals surface area contributed by atoms with Crippen molar-refractivity contribution in [3.05, 3.63) is 105 Å². The van der Waals surface area contributed by atoms with Crippen LogP contribution in [0.1, 0.15) is 21.3 Å². The topological polar surface area (TPSA) is 59.9 Å². The van der Waals surface area contributed by atoms with Crippen molar-refractivity contribution < 1.29 is 14.3 Å². The number of thioether (sulfide) groups is 2. The first-order valence-electron chi connectivity index (χ1n) is 11.9. The summed E-state index contributed by atoms with van der Waals surface area (Å²) in [4.78, 5) is 12.2. The smallest absolute Gasteiger partial charge is 0.277 e. The quantitative estimate of drug-likeness (QED) is 0.151. The van der Waals surface area contributed by atoms with Crippen LogP contribution in [0.4, 0.5) is 0 Å². The van der Waals surface area contributed by atoms with Crippen molar-refractivity contribution in [2.45, 2.75) is 11.2 Å². The molecule has 0 spiro atoms. The summed E-state index contributed by atoms with van der Waals surface area (Å²) < 4.78 is 12.8. The summed E-state index contributed by atoms with van der Waals surface area (Å²) in [5.74, 6) is 3.20. The number of carbonyl (C=O) groups excluding carboxylic acids is 1. The van der Waals surface area contributed by atoms with Crippen LogP contribution in [0.25, 0.3) is 10.8 Å². The van der Waals surface area contributed by atoms with Gasteiger partial charge in [0.25, 0.3) is 5.91 Å².